The third-order valence-electron chi connectivity index (χ3n) is 5.95. The lowest BCUT2D eigenvalue weighted by Gasteiger charge is -2.34. The minimum absolute atomic E-state index is 0.0171. The number of aromatic nitrogens is 1. The number of aliphatic hydroxyl groups excluding tert-OH is 1. The van der Waals surface area contributed by atoms with E-state index in [4.69, 9.17) is 26.2 Å². The predicted molar refractivity (Wildman–Crippen MR) is 112 cm³/mol. The fourth-order valence-electron chi connectivity index (χ4n) is 4.49. The van der Waals surface area contributed by atoms with E-state index >= 15 is 0 Å². The number of nitrogens with zero attached hydrogens (tertiary/aromatic N) is 2. The Morgan fingerprint density at radius 1 is 1.42 bits per heavy atom. The second kappa shape index (κ2) is 9.07. The topological polar surface area (TPSA) is 132 Å². The van der Waals surface area contributed by atoms with Crippen molar-refractivity contribution < 1.29 is 29.4 Å². The molecule has 2 heterocycles. The Morgan fingerprint density at radius 2 is 2.23 bits per heavy atom. The second-order valence-electron chi connectivity index (χ2n) is 7.75. The standard InChI is InChI=1S/C20H21ClN2O7S/c21-13-7-10(1-3-15(13)23(27)28)29-6-5-11-12-2-4-17(30-18(12)8-16(11)24)19-22-14(9-31-19)20(25)26/h1,3,7,9,11-12,16-18,24H,2,4-6,8H2,(H,25,26)/t11-,12-,16-,17-,18+/m1/s1. The maximum atomic E-state index is 11.1. The van der Waals surface area contributed by atoms with Gasteiger partial charge in [0.25, 0.3) is 5.69 Å². The van der Waals surface area contributed by atoms with E-state index in [0.29, 0.717) is 30.2 Å². The Morgan fingerprint density at radius 3 is 2.90 bits per heavy atom. The summed E-state index contributed by atoms with van der Waals surface area (Å²) in [4.78, 5) is 25.5. The summed E-state index contributed by atoms with van der Waals surface area (Å²) in [7, 11) is 0. The monoisotopic (exact) mass is 468 g/mol. The second-order valence-corrected chi connectivity index (χ2v) is 9.05. The number of carboxylic acids is 1. The van der Waals surface area contributed by atoms with Crippen molar-refractivity contribution in [2.45, 2.75) is 44.0 Å². The van der Waals surface area contributed by atoms with Gasteiger partial charge in [-0.2, -0.15) is 0 Å². The lowest BCUT2D eigenvalue weighted by Crippen LogP contribution is -2.31. The number of carbonyl (C=O) groups is 1. The van der Waals surface area contributed by atoms with Gasteiger partial charge in [-0.3, -0.25) is 10.1 Å². The first-order chi connectivity index (χ1) is 14.8. The van der Waals surface area contributed by atoms with Gasteiger partial charge in [0, 0.05) is 23.9 Å². The molecule has 11 heteroatoms. The van der Waals surface area contributed by atoms with Gasteiger partial charge < -0.3 is 19.7 Å². The molecule has 1 saturated carbocycles. The van der Waals surface area contributed by atoms with E-state index in [1.54, 1.807) is 0 Å². The molecule has 9 nitrogen and oxygen atoms in total. The molecule has 4 rings (SSSR count). The highest BCUT2D eigenvalue weighted by atomic mass is 35.5. The van der Waals surface area contributed by atoms with E-state index in [1.165, 1.54) is 34.9 Å². The Bertz CT molecular complexity index is 984. The normalized spacial score (nSPS) is 27.6. The summed E-state index contributed by atoms with van der Waals surface area (Å²) < 4.78 is 11.9. The van der Waals surface area contributed by atoms with Crippen LogP contribution in [-0.2, 0) is 4.74 Å². The SMILES string of the molecule is O=C(O)c1csc([C@H]2CC[C@@H]3[C@@H](CCOc4ccc([N+](=O)[O-])c(Cl)c4)[C@H](O)C[C@@H]3O2)n1. The average molecular weight is 469 g/mol. The van der Waals surface area contributed by atoms with Crippen molar-refractivity contribution in [3.8, 4) is 5.75 Å². The van der Waals surface area contributed by atoms with E-state index < -0.39 is 17.0 Å². The summed E-state index contributed by atoms with van der Waals surface area (Å²) in [5.41, 5.74) is -0.147. The number of halogens is 1. The Balaban J connectivity index is 1.32. The molecule has 1 saturated heterocycles. The van der Waals surface area contributed by atoms with Crippen molar-refractivity contribution in [3.05, 3.63) is 49.4 Å². The third-order valence-corrected chi connectivity index (χ3v) is 7.19. The summed E-state index contributed by atoms with van der Waals surface area (Å²) in [6.07, 6.45) is 1.84. The van der Waals surface area contributed by atoms with Crippen LogP contribution in [0.3, 0.4) is 0 Å². The number of nitro benzene ring substituents is 1. The highest BCUT2D eigenvalue weighted by Crippen LogP contribution is 2.47. The first-order valence-corrected chi connectivity index (χ1v) is 11.2. The number of aromatic carboxylic acids is 1. The fraction of sp³-hybridized carbons (Fsp3) is 0.500. The van der Waals surface area contributed by atoms with Crippen molar-refractivity contribution in [2.24, 2.45) is 11.8 Å². The number of hydrogen-bond donors (Lipinski definition) is 2. The minimum Gasteiger partial charge on any atom is -0.494 e. The molecule has 31 heavy (non-hydrogen) atoms. The molecule has 0 bridgehead atoms. The number of fused-ring (bicyclic) bond motifs is 1. The van der Waals surface area contributed by atoms with Gasteiger partial charge in [0.05, 0.1) is 23.7 Å². The third kappa shape index (κ3) is 4.67. The molecule has 1 aliphatic carbocycles. The number of nitro groups is 1. The van der Waals surface area contributed by atoms with E-state index in [2.05, 4.69) is 4.98 Å². The van der Waals surface area contributed by atoms with Crippen LogP contribution in [-0.4, -0.2) is 44.9 Å². The van der Waals surface area contributed by atoms with Gasteiger partial charge >= 0.3 is 5.97 Å². The molecular weight excluding hydrogens is 448 g/mol. The van der Waals surface area contributed by atoms with Crippen LogP contribution in [0.15, 0.2) is 23.6 Å². The smallest absolute Gasteiger partial charge is 0.355 e. The zero-order valence-corrected chi connectivity index (χ0v) is 17.9. The Hall–Kier alpha value is -2.27. The van der Waals surface area contributed by atoms with Gasteiger partial charge in [-0.05, 0) is 37.2 Å². The molecule has 2 N–H and O–H groups in total. The molecule has 0 radical (unpaired) electrons. The van der Waals surface area contributed by atoms with Crippen LogP contribution < -0.4 is 4.74 Å². The minimum atomic E-state index is -1.05. The van der Waals surface area contributed by atoms with Crippen molar-refractivity contribution in [1.82, 2.24) is 4.98 Å². The van der Waals surface area contributed by atoms with Gasteiger partial charge in [0.1, 0.15) is 21.9 Å². The van der Waals surface area contributed by atoms with E-state index in [9.17, 15) is 20.0 Å². The molecular formula is C20H21ClN2O7S. The summed E-state index contributed by atoms with van der Waals surface area (Å²) >= 11 is 7.20. The zero-order valence-electron chi connectivity index (χ0n) is 16.3. The highest BCUT2D eigenvalue weighted by molar-refractivity contribution is 7.09. The molecule has 0 spiro atoms. The van der Waals surface area contributed by atoms with Crippen molar-refractivity contribution in [3.63, 3.8) is 0 Å². The lowest BCUT2D eigenvalue weighted by atomic mass is 9.85. The Kier molecular flexibility index (Phi) is 6.42. The molecule has 2 aromatic rings. The maximum absolute atomic E-state index is 11.1. The first kappa shape index (κ1) is 21.9. The molecule has 1 aromatic heterocycles. The first-order valence-electron chi connectivity index (χ1n) is 9.92. The van der Waals surface area contributed by atoms with Crippen LogP contribution in [0.5, 0.6) is 5.75 Å². The van der Waals surface area contributed by atoms with E-state index in [0.717, 1.165) is 12.8 Å². The largest absolute Gasteiger partial charge is 0.494 e. The van der Waals surface area contributed by atoms with Crippen molar-refractivity contribution >= 4 is 34.6 Å². The van der Waals surface area contributed by atoms with Crippen LogP contribution in [0.4, 0.5) is 5.69 Å². The number of benzene rings is 1. The molecule has 0 unspecified atom stereocenters. The molecule has 5 atom stereocenters. The number of carboxylic acid groups (broad SMARTS) is 1. The van der Waals surface area contributed by atoms with Crippen LogP contribution in [0.1, 0.15) is 47.3 Å². The van der Waals surface area contributed by atoms with E-state index in [1.807, 2.05) is 0 Å². The molecule has 1 aliphatic heterocycles. The lowest BCUT2D eigenvalue weighted by molar-refractivity contribution is -0.384. The number of aliphatic hydroxyl groups is 1. The molecule has 0 amide bonds. The van der Waals surface area contributed by atoms with Crippen LogP contribution in [0, 0.1) is 22.0 Å². The number of rotatable bonds is 7. The predicted octanol–water partition coefficient (Wildman–Crippen LogP) is 4.09. The maximum Gasteiger partial charge on any atom is 0.355 e. The fourth-order valence-corrected chi connectivity index (χ4v) is 5.59. The number of ether oxygens (including phenoxy) is 2. The van der Waals surface area contributed by atoms with Gasteiger partial charge in [0.2, 0.25) is 0 Å². The number of thiazole rings is 1. The molecule has 166 valence electrons. The molecule has 1 aromatic carbocycles. The van der Waals surface area contributed by atoms with Crippen LogP contribution in [0.2, 0.25) is 5.02 Å². The van der Waals surface area contributed by atoms with Gasteiger partial charge in [-0.15, -0.1) is 11.3 Å². The van der Waals surface area contributed by atoms with Crippen molar-refractivity contribution in [1.29, 1.82) is 0 Å². The molecule has 2 fully saturated rings. The van der Waals surface area contributed by atoms with Gasteiger partial charge in [-0.1, -0.05) is 11.6 Å². The highest BCUT2D eigenvalue weighted by Gasteiger charge is 2.46. The average Bonchev–Trinajstić information content (AvgIpc) is 3.32. The van der Waals surface area contributed by atoms with Gasteiger partial charge in [0.15, 0.2) is 5.69 Å². The number of hydrogen-bond acceptors (Lipinski definition) is 8. The van der Waals surface area contributed by atoms with E-state index in [-0.39, 0.29) is 40.4 Å². The summed E-state index contributed by atoms with van der Waals surface area (Å²) in [6, 6.07) is 4.23. The summed E-state index contributed by atoms with van der Waals surface area (Å²) in [5.74, 6) is -0.404. The van der Waals surface area contributed by atoms with Crippen molar-refractivity contribution in [2.75, 3.05) is 6.61 Å². The van der Waals surface area contributed by atoms with Crippen LogP contribution in [0.25, 0.3) is 0 Å². The van der Waals surface area contributed by atoms with Gasteiger partial charge in [-0.25, -0.2) is 9.78 Å². The van der Waals surface area contributed by atoms with Crippen LogP contribution >= 0.6 is 22.9 Å². The summed E-state index contributed by atoms with van der Waals surface area (Å²) in [6.45, 7) is 0.344. The summed E-state index contributed by atoms with van der Waals surface area (Å²) in [5, 5.41) is 32.7. The quantitative estimate of drug-likeness (QED) is 0.458. The Labute approximate surface area is 186 Å². The molecule has 2 aliphatic rings. The zero-order chi connectivity index (χ0) is 22.1.